The summed E-state index contributed by atoms with van der Waals surface area (Å²) in [6.45, 7) is 2.17. The molecule has 1 fully saturated rings. The minimum Gasteiger partial charge on any atom is -0.463 e. The van der Waals surface area contributed by atoms with Crippen LogP contribution in [-0.4, -0.2) is 22.1 Å². The number of ether oxygens (including phenoxy) is 1. The van der Waals surface area contributed by atoms with Gasteiger partial charge in [-0.05, 0) is 50.0 Å². The first-order valence-electron chi connectivity index (χ1n) is 7.64. The standard InChI is InChI=1S/C17H21N3O2/c1-3-22-15(21)8-6-12-5-7-14-13(11-12)19-16(20(14)2)17(18)9-4-10-17/h5-8,11H,3-4,9-10,18H2,1-2H3. The highest BCUT2D eigenvalue weighted by Crippen LogP contribution is 2.39. The maximum absolute atomic E-state index is 11.4. The lowest BCUT2D eigenvalue weighted by atomic mass is 9.77. The van der Waals surface area contributed by atoms with E-state index in [1.165, 1.54) is 6.08 Å². The maximum Gasteiger partial charge on any atom is 0.330 e. The van der Waals surface area contributed by atoms with Crippen molar-refractivity contribution in [2.24, 2.45) is 12.8 Å². The fourth-order valence-corrected chi connectivity index (χ4v) is 2.90. The van der Waals surface area contributed by atoms with Gasteiger partial charge < -0.3 is 15.0 Å². The van der Waals surface area contributed by atoms with Crippen molar-refractivity contribution in [1.29, 1.82) is 0 Å². The fraction of sp³-hybridized carbons (Fsp3) is 0.412. The van der Waals surface area contributed by atoms with Crippen molar-refractivity contribution in [2.75, 3.05) is 6.61 Å². The molecule has 1 heterocycles. The molecule has 0 radical (unpaired) electrons. The Hall–Kier alpha value is -2.14. The second kappa shape index (κ2) is 5.57. The number of rotatable bonds is 4. The average molecular weight is 299 g/mol. The molecule has 5 heteroatoms. The highest BCUT2D eigenvalue weighted by Gasteiger charge is 2.38. The van der Waals surface area contributed by atoms with Crippen LogP contribution < -0.4 is 5.73 Å². The van der Waals surface area contributed by atoms with Gasteiger partial charge in [0.15, 0.2) is 0 Å². The second-order valence-electron chi connectivity index (χ2n) is 5.84. The SMILES string of the molecule is CCOC(=O)C=Cc1ccc2c(c1)nc(C1(N)CCC1)n2C. The Bertz CT molecular complexity index is 742. The van der Waals surface area contributed by atoms with E-state index in [1.54, 1.807) is 13.0 Å². The van der Waals surface area contributed by atoms with Crippen LogP contribution in [0.25, 0.3) is 17.1 Å². The van der Waals surface area contributed by atoms with Crippen LogP contribution in [0, 0.1) is 0 Å². The van der Waals surface area contributed by atoms with Gasteiger partial charge >= 0.3 is 5.97 Å². The smallest absolute Gasteiger partial charge is 0.330 e. The van der Waals surface area contributed by atoms with Crippen LogP contribution in [0.3, 0.4) is 0 Å². The van der Waals surface area contributed by atoms with Crippen molar-refractivity contribution in [2.45, 2.75) is 31.7 Å². The van der Waals surface area contributed by atoms with Crippen LogP contribution in [0.15, 0.2) is 24.3 Å². The zero-order valence-corrected chi connectivity index (χ0v) is 13.0. The van der Waals surface area contributed by atoms with Crippen molar-refractivity contribution in [3.05, 3.63) is 35.7 Å². The normalized spacial score (nSPS) is 16.9. The minimum absolute atomic E-state index is 0.283. The van der Waals surface area contributed by atoms with Gasteiger partial charge in [0, 0.05) is 13.1 Å². The van der Waals surface area contributed by atoms with Gasteiger partial charge in [-0.1, -0.05) is 6.07 Å². The number of hydrogen-bond donors (Lipinski definition) is 1. The van der Waals surface area contributed by atoms with E-state index in [9.17, 15) is 4.79 Å². The number of fused-ring (bicyclic) bond motifs is 1. The number of esters is 1. The zero-order valence-electron chi connectivity index (χ0n) is 13.0. The third kappa shape index (κ3) is 2.52. The molecule has 0 atom stereocenters. The van der Waals surface area contributed by atoms with Crippen LogP contribution in [-0.2, 0) is 22.1 Å². The summed E-state index contributed by atoms with van der Waals surface area (Å²) in [6, 6.07) is 5.95. The Kier molecular flexibility index (Phi) is 3.74. The van der Waals surface area contributed by atoms with Crippen molar-refractivity contribution >= 4 is 23.1 Å². The van der Waals surface area contributed by atoms with Gasteiger partial charge in [-0.15, -0.1) is 0 Å². The predicted octanol–water partition coefficient (Wildman–Crippen LogP) is 2.49. The third-order valence-corrected chi connectivity index (χ3v) is 4.29. The van der Waals surface area contributed by atoms with Crippen LogP contribution in [0.1, 0.15) is 37.6 Å². The van der Waals surface area contributed by atoms with Gasteiger partial charge in [0.25, 0.3) is 0 Å². The molecular weight excluding hydrogens is 278 g/mol. The van der Waals surface area contributed by atoms with Gasteiger partial charge in [0.2, 0.25) is 0 Å². The molecule has 0 spiro atoms. The summed E-state index contributed by atoms with van der Waals surface area (Å²) < 4.78 is 6.96. The van der Waals surface area contributed by atoms with Gasteiger partial charge in [0.05, 0.1) is 23.2 Å². The van der Waals surface area contributed by atoms with E-state index in [-0.39, 0.29) is 11.5 Å². The maximum atomic E-state index is 11.4. The molecule has 0 aliphatic heterocycles. The predicted molar refractivity (Wildman–Crippen MR) is 86.1 cm³/mol. The fourth-order valence-electron chi connectivity index (χ4n) is 2.90. The highest BCUT2D eigenvalue weighted by atomic mass is 16.5. The van der Waals surface area contributed by atoms with E-state index in [1.807, 2.05) is 25.2 Å². The minimum atomic E-state index is -0.334. The summed E-state index contributed by atoms with van der Waals surface area (Å²) in [7, 11) is 2.01. The van der Waals surface area contributed by atoms with E-state index >= 15 is 0 Å². The molecule has 0 unspecified atom stereocenters. The molecule has 116 valence electrons. The third-order valence-electron chi connectivity index (χ3n) is 4.29. The van der Waals surface area contributed by atoms with E-state index in [4.69, 9.17) is 15.5 Å². The summed E-state index contributed by atoms with van der Waals surface area (Å²) >= 11 is 0. The number of aryl methyl sites for hydroxylation is 1. The summed E-state index contributed by atoms with van der Waals surface area (Å²) in [5.41, 5.74) is 9.00. The quantitative estimate of drug-likeness (QED) is 0.695. The summed E-state index contributed by atoms with van der Waals surface area (Å²) in [5.74, 6) is 0.611. The number of hydrogen-bond acceptors (Lipinski definition) is 4. The Morgan fingerprint density at radius 3 is 2.91 bits per heavy atom. The molecule has 0 amide bonds. The van der Waals surface area contributed by atoms with E-state index in [0.29, 0.717) is 6.61 Å². The van der Waals surface area contributed by atoms with Crippen LogP contribution in [0.4, 0.5) is 0 Å². The highest BCUT2D eigenvalue weighted by molar-refractivity contribution is 5.88. The Labute approximate surface area is 129 Å². The molecule has 22 heavy (non-hydrogen) atoms. The van der Waals surface area contributed by atoms with Gasteiger partial charge in [-0.3, -0.25) is 0 Å². The van der Waals surface area contributed by atoms with Gasteiger partial charge in [-0.25, -0.2) is 9.78 Å². The van der Waals surface area contributed by atoms with Crippen molar-refractivity contribution in [3.63, 3.8) is 0 Å². The van der Waals surface area contributed by atoms with Gasteiger partial charge in [-0.2, -0.15) is 0 Å². The second-order valence-corrected chi connectivity index (χ2v) is 5.84. The number of carbonyl (C=O) groups is 1. The van der Waals surface area contributed by atoms with Crippen molar-refractivity contribution in [3.8, 4) is 0 Å². The molecule has 0 saturated heterocycles. The lowest BCUT2D eigenvalue weighted by Gasteiger charge is -2.37. The Morgan fingerprint density at radius 2 is 2.27 bits per heavy atom. The van der Waals surface area contributed by atoms with Crippen molar-refractivity contribution in [1.82, 2.24) is 9.55 Å². The largest absolute Gasteiger partial charge is 0.463 e. The number of aromatic nitrogens is 2. The van der Waals surface area contributed by atoms with Crippen LogP contribution in [0.5, 0.6) is 0 Å². The molecule has 1 aromatic carbocycles. The number of carbonyl (C=O) groups excluding carboxylic acids is 1. The summed E-state index contributed by atoms with van der Waals surface area (Å²) in [5, 5.41) is 0. The number of benzene rings is 1. The number of nitrogens with zero attached hydrogens (tertiary/aromatic N) is 2. The molecule has 0 bridgehead atoms. The molecule has 1 aliphatic carbocycles. The lowest BCUT2D eigenvalue weighted by Crippen LogP contribution is -2.45. The number of imidazole rings is 1. The average Bonchev–Trinajstić information content (AvgIpc) is 2.80. The first-order chi connectivity index (χ1) is 10.5. The molecule has 1 saturated carbocycles. The van der Waals surface area contributed by atoms with Gasteiger partial charge in [0.1, 0.15) is 5.82 Å². The van der Waals surface area contributed by atoms with Crippen LogP contribution in [0.2, 0.25) is 0 Å². The zero-order chi connectivity index (χ0) is 15.7. The lowest BCUT2D eigenvalue weighted by molar-refractivity contribution is -0.137. The van der Waals surface area contributed by atoms with Crippen LogP contribution >= 0.6 is 0 Å². The molecule has 2 N–H and O–H groups in total. The van der Waals surface area contributed by atoms with E-state index in [0.717, 1.165) is 41.7 Å². The summed E-state index contributed by atoms with van der Waals surface area (Å²) in [6.07, 6.45) is 6.31. The topological polar surface area (TPSA) is 70.1 Å². The molecular formula is C17H21N3O2. The first-order valence-corrected chi connectivity index (χ1v) is 7.64. The summed E-state index contributed by atoms with van der Waals surface area (Å²) in [4.78, 5) is 16.1. The molecule has 2 aromatic rings. The molecule has 1 aromatic heterocycles. The Morgan fingerprint density at radius 1 is 1.50 bits per heavy atom. The monoisotopic (exact) mass is 299 g/mol. The molecule has 5 nitrogen and oxygen atoms in total. The van der Waals surface area contributed by atoms with Crippen molar-refractivity contribution < 1.29 is 9.53 Å². The van der Waals surface area contributed by atoms with E-state index in [2.05, 4.69) is 4.57 Å². The number of nitrogens with two attached hydrogens (primary N) is 1. The molecule has 3 rings (SSSR count). The van der Waals surface area contributed by atoms with E-state index < -0.39 is 0 Å². The molecule has 1 aliphatic rings. The Balaban J connectivity index is 1.92. The first kappa shape index (κ1) is 14.8.